The highest BCUT2D eigenvalue weighted by Crippen LogP contribution is 2.24. The maximum Gasteiger partial charge on any atom is 0.0644 e. The fourth-order valence-electron chi connectivity index (χ4n) is 2.11. The minimum absolute atomic E-state index is 0.243. The summed E-state index contributed by atoms with van der Waals surface area (Å²) in [4.78, 5) is 0. The van der Waals surface area contributed by atoms with Crippen LogP contribution in [0.1, 0.15) is 25.7 Å². The van der Waals surface area contributed by atoms with Crippen molar-refractivity contribution in [1.29, 1.82) is 0 Å². The highest BCUT2D eigenvalue weighted by atomic mass is 16.5. The van der Waals surface area contributed by atoms with E-state index in [4.69, 9.17) is 9.47 Å². The molecule has 0 spiro atoms. The van der Waals surface area contributed by atoms with Gasteiger partial charge < -0.3 is 14.8 Å². The highest BCUT2D eigenvalue weighted by molar-refractivity contribution is 4.92. The van der Waals surface area contributed by atoms with E-state index in [2.05, 4.69) is 5.32 Å². The lowest BCUT2D eigenvalue weighted by Crippen LogP contribution is -2.44. The molecule has 0 aliphatic carbocycles. The molecule has 0 aromatic carbocycles. The number of rotatable bonds is 6. The molecule has 1 unspecified atom stereocenters. The molecule has 1 atom stereocenters. The van der Waals surface area contributed by atoms with Crippen LogP contribution >= 0.6 is 0 Å². The van der Waals surface area contributed by atoms with E-state index in [0.717, 1.165) is 32.6 Å². The largest absolute Gasteiger partial charge is 0.385 e. The van der Waals surface area contributed by atoms with Gasteiger partial charge in [0, 0.05) is 26.4 Å². The maximum absolute atomic E-state index is 5.26. The molecule has 0 bridgehead atoms. The van der Waals surface area contributed by atoms with Crippen LogP contribution in [0.4, 0.5) is 0 Å². The number of hydrogen-bond donors (Lipinski definition) is 1. The third-order valence-electron chi connectivity index (χ3n) is 2.76. The lowest BCUT2D eigenvalue weighted by Gasteiger charge is -2.28. The summed E-state index contributed by atoms with van der Waals surface area (Å²) in [5.41, 5.74) is 0.243. The molecule has 0 aromatic rings. The number of hydrogen-bond acceptors (Lipinski definition) is 3. The molecule has 1 heterocycles. The van der Waals surface area contributed by atoms with Crippen molar-refractivity contribution < 1.29 is 9.47 Å². The summed E-state index contributed by atoms with van der Waals surface area (Å²) in [6.07, 6.45) is 4.79. The molecule has 13 heavy (non-hydrogen) atoms. The molecule has 1 fully saturated rings. The first kappa shape index (κ1) is 11.0. The van der Waals surface area contributed by atoms with E-state index in [1.807, 2.05) is 0 Å². The molecule has 3 heteroatoms. The predicted molar refractivity (Wildman–Crippen MR) is 53.0 cm³/mol. The average Bonchev–Trinajstić information content (AvgIpc) is 2.55. The van der Waals surface area contributed by atoms with Gasteiger partial charge >= 0.3 is 0 Å². The number of ether oxygens (including phenoxy) is 2. The molecule has 0 aromatic heterocycles. The van der Waals surface area contributed by atoms with Crippen LogP contribution in [0.5, 0.6) is 0 Å². The Bertz CT molecular complexity index is 133. The summed E-state index contributed by atoms with van der Waals surface area (Å²) in [6.45, 7) is 2.82. The average molecular weight is 187 g/mol. The smallest absolute Gasteiger partial charge is 0.0644 e. The molecule has 1 aliphatic heterocycles. The second-order valence-corrected chi connectivity index (χ2v) is 3.84. The lowest BCUT2D eigenvalue weighted by atomic mass is 9.93. The first-order valence-electron chi connectivity index (χ1n) is 5.06. The molecule has 1 N–H and O–H groups in total. The van der Waals surface area contributed by atoms with Gasteiger partial charge in [0.25, 0.3) is 0 Å². The third-order valence-corrected chi connectivity index (χ3v) is 2.76. The van der Waals surface area contributed by atoms with Crippen LogP contribution in [0.3, 0.4) is 0 Å². The minimum Gasteiger partial charge on any atom is -0.385 e. The maximum atomic E-state index is 5.26. The van der Waals surface area contributed by atoms with Gasteiger partial charge in [0.15, 0.2) is 0 Å². The Balaban J connectivity index is 2.28. The van der Waals surface area contributed by atoms with E-state index in [-0.39, 0.29) is 5.54 Å². The van der Waals surface area contributed by atoms with Gasteiger partial charge in [-0.2, -0.15) is 0 Å². The Labute approximate surface area is 80.8 Å². The van der Waals surface area contributed by atoms with E-state index in [0.29, 0.717) is 0 Å². The van der Waals surface area contributed by atoms with E-state index in [9.17, 15) is 0 Å². The van der Waals surface area contributed by atoms with Gasteiger partial charge in [-0.25, -0.2) is 0 Å². The summed E-state index contributed by atoms with van der Waals surface area (Å²) in [5, 5.41) is 3.55. The number of nitrogens with one attached hydrogen (secondary N) is 1. The van der Waals surface area contributed by atoms with Crippen molar-refractivity contribution >= 4 is 0 Å². The zero-order valence-corrected chi connectivity index (χ0v) is 8.77. The van der Waals surface area contributed by atoms with Crippen molar-refractivity contribution in [3.63, 3.8) is 0 Å². The summed E-state index contributed by atoms with van der Waals surface area (Å²) in [5.74, 6) is 0. The molecule has 1 aliphatic rings. The standard InChI is InChI=1S/C10H21NO2/c1-12-8-4-6-10(9-13-2)5-3-7-11-10/h11H,3-9H2,1-2H3. The van der Waals surface area contributed by atoms with Crippen molar-refractivity contribution in [1.82, 2.24) is 5.32 Å². The summed E-state index contributed by atoms with van der Waals surface area (Å²) in [6, 6.07) is 0. The highest BCUT2D eigenvalue weighted by Gasteiger charge is 2.32. The fraction of sp³-hybridized carbons (Fsp3) is 1.00. The Kier molecular flexibility index (Phi) is 4.70. The second kappa shape index (κ2) is 5.58. The Morgan fingerprint density at radius 1 is 1.31 bits per heavy atom. The normalized spacial score (nSPS) is 28.2. The van der Waals surface area contributed by atoms with E-state index < -0.39 is 0 Å². The van der Waals surface area contributed by atoms with Gasteiger partial charge in [0.2, 0.25) is 0 Å². The molecular weight excluding hydrogens is 166 g/mol. The van der Waals surface area contributed by atoms with Crippen LogP contribution in [0.25, 0.3) is 0 Å². The van der Waals surface area contributed by atoms with Gasteiger partial charge in [-0.15, -0.1) is 0 Å². The Morgan fingerprint density at radius 2 is 2.15 bits per heavy atom. The van der Waals surface area contributed by atoms with Gasteiger partial charge in [0.1, 0.15) is 0 Å². The van der Waals surface area contributed by atoms with Gasteiger partial charge in [-0.3, -0.25) is 0 Å². The first-order chi connectivity index (χ1) is 6.33. The molecule has 0 radical (unpaired) electrons. The SMILES string of the molecule is COCCCC1(COC)CCCN1. The molecule has 78 valence electrons. The van der Waals surface area contributed by atoms with Crippen molar-refractivity contribution in [2.45, 2.75) is 31.2 Å². The Hall–Kier alpha value is -0.120. The van der Waals surface area contributed by atoms with Crippen molar-refractivity contribution in [3.05, 3.63) is 0 Å². The second-order valence-electron chi connectivity index (χ2n) is 3.84. The molecule has 0 saturated carbocycles. The topological polar surface area (TPSA) is 30.5 Å². The monoisotopic (exact) mass is 187 g/mol. The molecule has 0 amide bonds. The van der Waals surface area contributed by atoms with Crippen LogP contribution in [0, 0.1) is 0 Å². The van der Waals surface area contributed by atoms with Gasteiger partial charge in [0.05, 0.1) is 6.61 Å². The number of methoxy groups -OCH3 is 2. The van der Waals surface area contributed by atoms with Crippen molar-refractivity contribution in [2.75, 3.05) is 34.0 Å². The van der Waals surface area contributed by atoms with Crippen LogP contribution in [0.2, 0.25) is 0 Å². The van der Waals surface area contributed by atoms with Crippen LogP contribution in [-0.2, 0) is 9.47 Å². The van der Waals surface area contributed by atoms with Crippen molar-refractivity contribution in [2.24, 2.45) is 0 Å². The van der Waals surface area contributed by atoms with Crippen molar-refractivity contribution in [3.8, 4) is 0 Å². The first-order valence-corrected chi connectivity index (χ1v) is 5.06. The minimum atomic E-state index is 0.243. The lowest BCUT2D eigenvalue weighted by molar-refractivity contribution is 0.104. The summed E-state index contributed by atoms with van der Waals surface area (Å²) < 4.78 is 10.3. The molecule has 1 saturated heterocycles. The third kappa shape index (κ3) is 3.25. The van der Waals surface area contributed by atoms with Crippen LogP contribution in [-0.4, -0.2) is 39.5 Å². The van der Waals surface area contributed by atoms with E-state index in [1.165, 1.54) is 12.8 Å². The zero-order valence-electron chi connectivity index (χ0n) is 8.77. The predicted octanol–water partition coefficient (Wildman–Crippen LogP) is 1.18. The Morgan fingerprint density at radius 3 is 2.69 bits per heavy atom. The fourth-order valence-corrected chi connectivity index (χ4v) is 2.11. The van der Waals surface area contributed by atoms with Crippen LogP contribution < -0.4 is 5.32 Å². The molecular formula is C10H21NO2. The quantitative estimate of drug-likeness (QED) is 0.633. The molecule has 3 nitrogen and oxygen atoms in total. The van der Waals surface area contributed by atoms with E-state index >= 15 is 0 Å². The zero-order chi connectivity index (χ0) is 9.57. The van der Waals surface area contributed by atoms with Crippen LogP contribution in [0.15, 0.2) is 0 Å². The van der Waals surface area contributed by atoms with Gasteiger partial charge in [-0.05, 0) is 32.2 Å². The summed E-state index contributed by atoms with van der Waals surface area (Å²) in [7, 11) is 3.53. The van der Waals surface area contributed by atoms with E-state index in [1.54, 1.807) is 14.2 Å². The summed E-state index contributed by atoms with van der Waals surface area (Å²) >= 11 is 0. The van der Waals surface area contributed by atoms with Gasteiger partial charge in [-0.1, -0.05) is 0 Å². The molecule has 1 rings (SSSR count).